The van der Waals surface area contributed by atoms with Crippen LogP contribution in [0.4, 0.5) is 5.69 Å². The SMILES string of the molecule is CC1=NN2[C@H](c3ccccc3O[C@H]2c2ccc([N+](=O)[O-])cc2)[C@H]1C. The maximum absolute atomic E-state index is 10.9. The maximum Gasteiger partial charge on any atom is 0.269 e. The predicted molar refractivity (Wildman–Crippen MR) is 89.8 cm³/mol. The molecule has 0 fully saturated rings. The Labute approximate surface area is 139 Å². The normalized spacial score (nSPS) is 24.7. The highest BCUT2D eigenvalue weighted by molar-refractivity contribution is 5.86. The Morgan fingerprint density at radius 1 is 1.17 bits per heavy atom. The van der Waals surface area contributed by atoms with Gasteiger partial charge in [0.25, 0.3) is 5.69 Å². The first-order valence-corrected chi connectivity index (χ1v) is 7.89. The van der Waals surface area contributed by atoms with Crippen LogP contribution in [0.15, 0.2) is 53.6 Å². The van der Waals surface area contributed by atoms with Crippen LogP contribution in [0.3, 0.4) is 0 Å². The molecule has 0 unspecified atom stereocenters. The third-order valence-corrected chi connectivity index (χ3v) is 4.80. The van der Waals surface area contributed by atoms with Gasteiger partial charge in [0.05, 0.1) is 11.0 Å². The van der Waals surface area contributed by atoms with Crippen LogP contribution < -0.4 is 4.74 Å². The van der Waals surface area contributed by atoms with Crippen LogP contribution in [-0.2, 0) is 0 Å². The van der Waals surface area contributed by atoms with E-state index >= 15 is 0 Å². The summed E-state index contributed by atoms with van der Waals surface area (Å²) in [6.07, 6.45) is -0.384. The number of non-ortho nitro benzene ring substituents is 1. The summed E-state index contributed by atoms with van der Waals surface area (Å²) < 4.78 is 6.18. The van der Waals surface area contributed by atoms with Crippen LogP contribution in [0, 0.1) is 16.0 Å². The molecule has 6 heteroatoms. The third-order valence-electron chi connectivity index (χ3n) is 4.80. The van der Waals surface area contributed by atoms with E-state index in [4.69, 9.17) is 9.84 Å². The van der Waals surface area contributed by atoms with Gasteiger partial charge in [0.1, 0.15) is 5.75 Å². The number of hydrogen-bond donors (Lipinski definition) is 0. The zero-order valence-corrected chi connectivity index (χ0v) is 13.4. The highest BCUT2D eigenvalue weighted by Gasteiger charge is 2.43. The summed E-state index contributed by atoms with van der Waals surface area (Å²) in [5, 5.41) is 17.5. The molecule has 6 nitrogen and oxygen atoms in total. The van der Waals surface area contributed by atoms with Gasteiger partial charge in [-0.25, -0.2) is 5.01 Å². The minimum atomic E-state index is -0.399. The molecule has 0 amide bonds. The lowest BCUT2D eigenvalue weighted by Crippen LogP contribution is -2.35. The van der Waals surface area contributed by atoms with Gasteiger partial charge in [-0.2, -0.15) is 5.10 Å². The van der Waals surface area contributed by atoms with Gasteiger partial charge in [-0.3, -0.25) is 10.1 Å². The summed E-state index contributed by atoms with van der Waals surface area (Å²) >= 11 is 0. The van der Waals surface area contributed by atoms with Crippen molar-refractivity contribution >= 4 is 11.4 Å². The predicted octanol–water partition coefficient (Wildman–Crippen LogP) is 4.05. The molecule has 24 heavy (non-hydrogen) atoms. The molecule has 0 N–H and O–H groups in total. The quantitative estimate of drug-likeness (QED) is 0.617. The summed E-state index contributed by atoms with van der Waals surface area (Å²) in [5.41, 5.74) is 3.11. The largest absolute Gasteiger partial charge is 0.464 e. The Morgan fingerprint density at radius 3 is 2.58 bits per heavy atom. The molecule has 2 aromatic carbocycles. The molecule has 0 aromatic heterocycles. The van der Waals surface area contributed by atoms with E-state index in [0.29, 0.717) is 0 Å². The molecule has 2 aliphatic rings. The van der Waals surface area contributed by atoms with Crippen LogP contribution in [0.2, 0.25) is 0 Å². The minimum absolute atomic E-state index is 0.0704. The van der Waals surface area contributed by atoms with E-state index in [-0.39, 0.29) is 23.9 Å². The molecule has 0 saturated carbocycles. The number of nitrogens with zero attached hydrogens (tertiary/aromatic N) is 3. The minimum Gasteiger partial charge on any atom is -0.464 e. The van der Waals surface area contributed by atoms with Crippen molar-refractivity contribution in [2.45, 2.75) is 26.1 Å². The molecule has 2 aliphatic heterocycles. The lowest BCUT2D eigenvalue weighted by atomic mass is 9.90. The first-order chi connectivity index (χ1) is 11.6. The van der Waals surface area contributed by atoms with E-state index in [2.05, 4.69) is 13.0 Å². The van der Waals surface area contributed by atoms with Crippen molar-refractivity contribution in [1.82, 2.24) is 5.01 Å². The second kappa shape index (κ2) is 5.33. The molecule has 0 spiro atoms. The molecule has 2 heterocycles. The average Bonchev–Trinajstić information content (AvgIpc) is 2.90. The van der Waals surface area contributed by atoms with Crippen LogP contribution in [-0.4, -0.2) is 15.6 Å². The average molecular weight is 323 g/mol. The topological polar surface area (TPSA) is 68.0 Å². The maximum atomic E-state index is 10.9. The summed E-state index contributed by atoms with van der Waals surface area (Å²) in [5.74, 6) is 1.13. The molecule has 122 valence electrons. The summed E-state index contributed by atoms with van der Waals surface area (Å²) in [6.45, 7) is 4.19. The van der Waals surface area contributed by atoms with Gasteiger partial charge in [-0.05, 0) is 25.1 Å². The molecule has 3 atom stereocenters. The molecule has 4 rings (SSSR count). The smallest absolute Gasteiger partial charge is 0.269 e. The van der Waals surface area contributed by atoms with E-state index < -0.39 is 4.92 Å². The number of para-hydroxylation sites is 1. The lowest BCUT2D eigenvalue weighted by molar-refractivity contribution is -0.384. The number of rotatable bonds is 2. The van der Waals surface area contributed by atoms with Gasteiger partial charge < -0.3 is 4.74 Å². The molecule has 0 aliphatic carbocycles. The number of benzene rings is 2. The number of fused-ring (bicyclic) bond motifs is 3. The molecule has 2 aromatic rings. The summed E-state index contributed by atoms with van der Waals surface area (Å²) in [4.78, 5) is 10.5. The van der Waals surface area contributed by atoms with Gasteiger partial charge >= 0.3 is 0 Å². The standard InChI is InChI=1S/C18H17N3O3/c1-11-12(2)19-20-17(11)15-5-3-4-6-16(15)24-18(20)13-7-9-14(10-8-13)21(22)23/h3-11,17-18H,1-2H3/t11-,17-,18-/m0/s1. The number of nitro benzene ring substituents is 1. The van der Waals surface area contributed by atoms with Crippen LogP contribution in [0.1, 0.15) is 37.2 Å². The Balaban J connectivity index is 1.77. The third kappa shape index (κ3) is 2.14. The molecule has 0 saturated heterocycles. The van der Waals surface area contributed by atoms with Crippen LogP contribution >= 0.6 is 0 Å². The number of hydrogen-bond acceptors (Lipinski definition) is 5. The zero-order valence-electron chi connectivity index (χ0n) is 13.4. The van der Waals surface area contributed by atoms with E-state index in [0.717, 1.165) is 22.6 Å². The first kappa shape index (κ1) is 14.7. The number of ether oxygens (including phenoxy) is 1. The van der Waals surface area contributed by atoms with Crippen molar-refractivity contribution in [2.75, 3.05) is 0 Å². The molecular weight excluding hydrogens is 306 g/mol. The van der Waals surface area contributed by atoms with Crippen LogP contribution in [0.25, 0.3) is 0 Å². The van der Waals surface area contributed by atoms with E-state index in [1.165, 1.54) is 12.1 Å². The van der Waals surface area contributed by atoms with Gasteiger partial charge in [-0.1, -0.05) is 25.1 Å². The Kier molecular flexibility index (Phi) is 3.26. The van der Waals surface area contributed by atoms with Crippen molar-refractivity contribution in [3.8, 4) is 5.75 Å². The van der Waals surface area contributed by atoms with Crippen molar-refractivity contribution in [3.05, 3.63) is 69.8 Å². The fourth-order valence-electron chi connectivity index (χ4n) is 3.39. The van der Waals surface area contributed by atoms with Gasteiger partial charge in [0.2, 0.25) is 6.23 Å². The zero-order chi connectivity index (χ0) is 16.8. The van der Waals surface area contributed by atoms with Gasteiger partial charge in [-0.15, -0.1) is 0 Å². The highest BCUT2D eigenvalue weighted by atomic mass is 16.6. The molecule has 0 radical (unpaired) electrons. The highest BCUT2D eigenvalue weighted by Crippen LogP contribution is 2.48. The second-order valence-corrected chi connectivity index (χ2v) is 6.21. The van der Waals surface area contributed by atoms with Crippen molar-refractivity contribution in [2.24, 2.45) is 11.0 Å². The lowest BCUT2D eigenvalue weighted by Gasteiger charge is -2.39. The van der Waals surface area contributed by atoms with Crippen molar-refractivity contribution < 1.29 is 9.66 Å². The fraction of sp³-hybridized carbons (Fsp3) is 0.278. The number of hydrazone groups is 1. The first-order valence-electron chi connectivity index (χ1n) is 7.89. The Morgan fingerprint density at radius 2 is 1.88 bits per heavy atom. The number of nitro groups is 1. The summed E-state index contributed by atoms with van der Waals surface area (Å²) in [7, 11) is 0. The van der Waals surface area contributed by atoms with Crippen molar-refractivity contribution in [3.63, 3.8) is 0 Å². The Hall–Kier alpha value is -2.89. The second-order valence-electron chi connectivity index (χ2n) is 6.21. The molecular formula is C18H17N3O3. The molecule has 0 bridgehead atoms. The fourth-order valence-corrected chi connectivity index (χ4v) is 3.39. The van der Waals surface area contributed by atoms with Gasteiger partial charge in [0.15, 0.2) is 0 Å². The van der Waals surface area contributed by atoms with Gasteiger partial charge in [0, 0.05) is 34.9 Å². The van der Waals surface area contributed by atoms with E-state index in [9.17, 15) is 10.1 Å². The monoisotopic (exact) mass is 323 g/mol. The van der Waals surface area contributed by atoms with Crippen molar-refractivity contribution in [1.29, 1.82) is 0 Å². The van der Waals surface area contributed by atoms with E-state index in [1.807, 2.05) is 30.1 Å². The Bertz CT molecular complexity index is 832. The van der Waals surface area contributed by atoms with Crippen LogP contribution in [0.5, 0.6) is 5.75 Å². The summed E-state index contributed by atoms with van der Waals surface area (Å²) in [6, 6.07) is 14.6. The van der Waals surface area contributed by atoms with E-state index in [1.54, 1.807) is 12.1 Å².